The maximum absolute atomic E-state index is 10.5. The van der Waals surface area contributed by atoms with Gasteiger partial charge in [-0.3, -0.25) is 4.21 Å². The normalized spacial score (nSPS) is 14.1. The number of hydrogen-bond donors (Lipinski definition) is 0. The van der Waals surface area contributed by atoms with Gasteiger partial charge in [0.05, 0.1) is 4.99 Å². The molecule has 0 bridgehead atoms. The fourth-order valence-corrected chi connectivity index (χ4v) is 1.62. The van der Waals surface area contributed by atoms with Gasteiger partial charge >= 0.3 is 29.6 Å². The molecule has 0 heterocycles. The van der Waals surface area contributed by atoms with Crippen molar-refractivity contribution in [2.45, 2.75) is 12.8 Å². The molecule has 0 radical (unpaired) electrons. The molecule has 0 saturated carbocycles. The Bertz CT molecular complexity index is 251. The topological polar surface area (TPSA) is 43.4 Å². The molecule has 0 rings (SSSR count). The van der Waals surface area contributed by atoms with Gasteiger partial charge in [0.1, 0.15) is 0 Å². The summed E-state index contributed by atoms with van der Waals surface area (Å²) < 4.78 is 21.1. The van der Waals surface area contributed by atoms with E-state index in [4.69, 9.17) is 12.2 Å². The van der Waals surface area contributed by atoms with Crippen molar-refractivity contribution in [2.75, 3.05) is 19.8 Å². The Kier molecular flexibility index (Phi) is 9.61. The maximum Gasteiger partial charge on any atom is 1.00 e. The fraction of sp³-hybridized carbons (Fsp3) is 0.833. The average Bonchev–Trinajstić information content (AvgIpc) is 1.84. The van der Waals surface area contributed by atoms with Crippen LogP contribution in [0.5, 0.6) is 0 Å². The van der Waals surface area contributed by atoms with Crippen LogP contribution in [0.4, 0.5) is 0 Å². The van der Waals surface area contributed by atoms with Crippen molar-refractivity contribution < 1.29 is 38.3 Å². The second-order valence-electron chi connectivity index (χ2n) is 2.65. The smallest absolute Gasteiger partial charge is 0.769 e. The summed E-state index contributed by atoms with van der Waals surface area (Å²) in [5, 5.41) is 0. The van der Waals surface area contributed by atoms with E-state index >= 15 is 0 Å². The van der Waals surface area contributed by atoms with Crippen LogP contribution in [0.3, 0.4) is 0 Å². The van der Waals surface area contributed by atoms with Crippen LogP contribution in [0.15, 0.2) is 0 Å². The number of nitrogens with zero attached hydrogens (tertiary/aromatic N) is 1. The molecule has 0 N–H and O–H groups in total. The first-order valence-corrected chi connectivity index (χ1v) is 6.45. The summed E-state index contributed by atoms with van der Waals surface area (Å²) in [6.07, 6.45) is 1.13. The zero-order valence-electron chi connectivity index (χ0n) is 8.11. The summed E-state index contributed by atoms with van der Waals surface area (Å²) in [5.41, 5.74) is 0. The Morgan fingerprint density at radius 1 is 1.54 bits per heavy atom. The third-order valence-electron chi connectivity index (χ3n) is 1.28. The first-order chi connectivity index (χ1) is 5.33. The Balaban J connectivity index is 0. The van der Waals surface area contributed by atoms with Gasteiger partial charge in [0, 0.05) is 19.8 Å². The molecule has 0 aromatic carbocycles. The molecule has 0 fully saturated rings. The third-order valence-corrected chi connectivity index (χ3v) is 3.14. The second kappa shape index (κ2) is 7.50. The molecular weight excluding hydrogens is 237 g/mol. The van der Waals surface area contributed by atoms with E-state index in [1.54, 1.807) is 4.90 Å². The van der Waals surface area contributed by atoms with E-state index in [1.165, 1.54) is 0 Å². The number of thiocarbonyl (C=S) groups is 1. The first kappa shape index (κ1) is 16.6. The van der Waals surface area contributed by atoms with E-state index < -0.39 is 8.77 Å². The van der Waals surface area contributed by atoms with E-state index in [1.807, 2.05) is 14.1 Å². The van der Waals surface area contributed by atoms with Crippen LogP contribution in [0.25, 0.3) is 0 Å². The molecule has 7 heteroatoms. The Labute approximate surface area is 112 Å². The quantitative estimate of drug-likeness (QED) is 0.408. The molecule has 72 valence electrons. The van der Waals surface area contributed by atoms with Crippen LogP contribution in [-0.4, -0.2) is 38.5 Å². The van der Waals surface area contributed by atoms with Gasteiger partial charge in [-0.2, -0.15) is 0 Å². The van der Waals surface area contributed by atoms with Crippen molar-refractivity contribution in [3.05, 3.63) is 0 Å². The van der Waals surface area contributed by atoms with Gasteiger partial charge in [0.15, 0.2) is 0 Å². The molecule has 0 aliphatic rings. The molecule has 0 aromatic rings. The van der Waals surface area contributed by atoms with E-state index in [2.05, 4.69) is 11.2 Å². The minimum atomic E-state index is -3.24. The minimum Gasteiger partial charge on any atom is -0.769 e. The largest absolute Gasteiger partial charge is 1.00 e. The first-order valence-electron chi connectivity index (χ1n) is 3.46. The third kappa shape index (κ3) is 11.1. The summed E-state index contributed by atoms with van der Waals surface area (Å²) in [5.74, 6) is 0.0380. The van der Waals surface area contributed by atoms with Gasteiger partial charge in [0.2, 0.25) is 0 Å². The molecule has 0 aliphatic heterocycles. The number of rotatable bonds is 4. The summed E-state index contributed by atoms with van der Waals surface area (Å²) in [6, 6.07) is 0. The number of hydrogen-bond acceptors (Lipinski definition) is 4. The predicted molar refractivity (Wildman–Crippen MR) is 56.7 cm³/mol. The summed E-state index contributed by atoms with van der Waals surface area (Å²) in [4.78, 5) is 2.55. The van der Waals surface area contributed by atoms with Crippen molar-refractivity contribution in [1.82, 2.24) is 4.90 Å². The molecule has 0 aliphatic carbocycles. The van der Waals surface area contributed by atoms with Crippen molar-refractivity contribution in [2.24, 2.45) is 0 Å². The molecule has 1 unspecified atom stereocenters. The van der Waals surface area contributed by atoms with Crippen molar-refractivity contribution >= 4 is 37.2 Å². The van der Waals surface area contributed by atoms with Crippen LogP contribution in [0.2, 0.25) is 0 Å². The van der Waals surface area contributed by atoms with Gasteiger partial charge in [-0.05, 0) is 32.8 Å². The minimum absolute atomic E-state index is 0. The second-order valence-corrected chi connectivity index (χ2v) is 6.17. The molecule has 1 atom stereocenters. The van der Waals surface area contributed by atoms with Crippen LogP contribution in [0, 0.1) is 0 Å². The van der Waals surface area contributed by atoms with Gasteiger partial charge in [-0.1, -0.05) is 12.2 Å². The average molecular weight is 249 g/mol. The SMILES string of the molecule is CN(C)C(=S)CCCS(=O)([O-])=S.[Na+]. The van der Waals surface area contributed by atoms with Gasteiger partial charge in [-0.25, -0.2) is 0 Å². The Hall–Kier alpha value is 1.22. The van der Waals surface area contributed by atoms with E-state index in [-0.39, 0.29) is 35.3 Å². The zero-order valence-corrected chi connectivity index (χ0v) is 12.6. The summed E-state index contributed by atoms with van der Waals surface area (Å²) >= 11 is 9.18. The van der Waals surface area contributed by atoms with Crippen molar-refractivity contribution in [3.63, 3.8) is 0 Å². The van der Waals surface area contributed by atoms with Gasteiger partial charge in [-0.15, -0.1) is 0 Å². The summed E-state index contributed by atoms with van der Waals surface area (Å²) in [7, 11) is 0.435. The molecule has 0 aromatic heterocycles. The summed E-state index contributed by atoms with van der Waals surface area (Å²) in [6.45, 7) is 0. The molecule has 0 amide bonds. The van der Waals surface area contributed by atoms with Crippen LogP contribution in [0.1, 0.15) is 12.8 Å². The molecule has 3 nitrogen and oxygen atoms in total. The van der Waals surface area contributed by atoms with Crippen molar-refractivity contribution in [3.8, 4) is 0 Å². The molecule has 0 spiro atoms. The van der Waals surface area contributed by atoms with E-state index in [0.29, 0.717) is 12.8 Å². The predicted octanol–water partition coefficient (Wildman–Crippen LogP) is -2.46. The van der Waals surface area contributed by atoms with Gasteiger partial charge in [0.25, 0.3) is 0 Å². The standard InChI is InChI=1S/C6H13NO2S3.Na/c1-7(2)6(10)4-3-5-12(8,9)11;/h3-5H2,1-2H3,(H,8,9,11);/q;+1/p-1. The molecular formula is C6H12NNaO2S3. The van der Waals surface area contributed by atoms with Crippen LogP contribution < -0.4 is 29.6 Å². The van der Waals surface area contributed by atoms with Crippen molar-refractivity contribution in [1.29, 1.82) is 0 Å². The maximum atomic E-state index is 10.5. The fourth-order valence-electron chi connectivity index (χ4n) is 0.624. The van der Waals surface area contributed by atoms with E-state index in [9.17, 15) is 8.76 Å². The van der Waals surface area contributed by atoms with Crippen LogP contribution >= 0.6 is 12.2 Å². The monoisotopic (exact) mass is 249 g/mol. The Morgan fingerprint density at radius 3 is 2.31 bits per heavy atom. The molecule has 13 heavy (non-hydrogen) atoms. The van der Waals surface area contributed by atoms with E-state index in [0.717, 1.165) is 4.99 Å². The molecule has 0 saturated heterocycles. The zero-order chi connectivity index (χ0) is 9.78. The van der Waals surface area contributed by atoms with Crippen LogP contribution in [-0.2, 0) is 20.0 Å². The Morgan fingerprint density at radius 2 is 2.00 bits per heavy atom. The van der Waals surface area contributed by atoms with Gasteiger partial charge < -0.3 is 9.45 Å².